The van der Waals surface area contributed by atoms with Gasteiger partial charge >= 0.3 is 6.09 Å². The number of halogens is 1. The zero-order valence-electron chi connectivity index (χ0n) is 15.2. The fourth-order valence-corrected chi connectivity index (χ4v) is 4.85. The molecular weight excluding hydrogens is 356 g/mol. The van der Waals surface area contributed by atoms with E-state index in [4.69, 9.17) is 21.1 Å². The van der Waals surface area contributed by atoms with Crippen molar-refractivity contribution in [3.8, 4) is 0 Å². The number of amides is 1. The van der Waals surface area contributed by atoms with Crippen molar-refractivity contribution < 1.29 is 14.3 Å². The van der Waals surface area contributed by atoms with Crippen molar-refractivity contribution in [1.29, 1.82) is 0 Å². The molecule has 0 N–H and O–H groups in total. The van der Waals surface area contributed by atoms with Crippen molar-refractivity contribution >= 4 is 17.7 Å². The van der Waals surface area contributed by atoms with Crippen LogP contribution >= 0.6 is 11.6 Å². The molecule has 0 saturated carbocycles. The van der Waals surface area contributed by atoms with Gasteiger partial charge < -0.3 is 14.4 Å². The molecule has 1 aromatic rings. The van der Waals surface area contributed by atoms with Crippen LogP contribution in [0.25, 0.3) is 0 Å². The third kappa shape index (κ3) is 3.57. The van der Waals surface area contributed by atoms with Gasteiger partial charge in [-0.25, -0.2) is 4.79 Å². The molecule has 4 rings (SSSR count). The van der Waals surface area contributed by atoms with Crippen molar-refractivity contribution in [2.75, 3.05) is 32.9 Å². The maximum absolute atomic E-state index is 12.3. The Morgan fingerprint density at radius 1 is 1.23 bits per heavy atom. The molecule has 0 radical (unpaired) electrons. The predicted octanol–water partition coefficient (Wildman–Crippen LogP) is 2.56. The van der Waals surface area contributed by atoms with Gasteiger partial charge in [0.15, 0.2) is 0 Å². The zero-order chi connectivity index (χ0) is 18.1. The highest BCUT2D eigenvalue weighted by Crippen LogP contribution is 2.33. The van der Waals surface area contributed by atoms with E-state index in [0.29, 0.717) is 36.9 Å². The summed E-state index contributed by atoms with van der Waals surface area (Å²) in [6.45, 7) is 5.64. The Hall–Kier alpha value is -1.31. The van der Waals surface area contributed by atoms with Crippen LogP contribution in [0.2, 0.25) is 5.02 Å². The van der Waals surface area contributed by atoms with Gasteiger partial charge in [-0.1, -0.05) is 11.6 Å². The fraction of sp³-hybridized carbons (Fsp3) is 0.778. The number of carbonyl (C=O) groups is 1. The second kappa shape index (κ2) is 7.74. The van der Waals surface area contributed by atoms with E-state index in [-0.39, 0.29) is 18.2 Å². The first-order chi connectivity index (χ1) is 12.7. The average molecular weight is 383 g/mol. The van der Waals surface area contributed by atoms with Crippen LogP contribution in [-0.4, -0.2) is 76.7 Å². The van der Waals surface area contributed by atoms with Crippen LogP contribution in [0.1, 0.15) is 38.6 Å². The van der Waals surface area contributed by atoms with Gasteiger partial charge in [-0.2, -0.15) is 5.10 Å². The van der Waals surface area contributed by atoms with E-state index in [9.17, 15) is 4.79 Å². The molecule has 26 heavy (non-hydrogen) atoms. The van der Waals surface area contributed by atoms with Gasteiger partial charge in [-0.05, 0) is 32.6 Å². The van der Waals surface area contributed by atoms with Crippen molar-refractivity contribution in [3.05, 3.63) is 17.4 Å². The molecule has 3 aliphatic heterocycles. The molecule has 0 spiro atoms. The quantitative estimate of drug-likeness (QED) is 0.804. The number of fused-ring (bicyclic) bond motifs is 2. The van der Waals surface area contributed by atoms with Gasteiger partial charge in [-0.3, -0.25) is 9.58 Å². The molecule has 2 unspecified atom stereocenters. The number of hydrogen-bond acceptors (Lipinski definition) is 5. The molecule has 2 bridgehead atoms. The maximum atomic E-state index is 12.3. The highest BCUT2D eigenvalue weighted by molar-refractivity contribution is 6.30. The zero-order valence-corrected chi connectivity index (χ0v) is 16.0. The molecule has 144 valence electrons. The Morgan fingerprint density at radius 3 is 2.50 bits per heavy atom. The van der Waals surface area contributed by atoms with Gasteiger partial charge in [0.2, 0.25) is 0 Å². The molecular formula is C18H27ClN4O3. The molecule has 3 saturated heterocycles. The van der Waals surface area contributed by atoms with E-state index in [2.05, 4.69) is 10.00 Å². The van der Waals surface area contributed by atoms with Gasteiger partial charge in [0.25, 0.3) is 0 Å². The number of nitrogens with zero attached hydrogens (tertiary/aromatic N) is 4. The number of carbonyl (C=O) groups excluding carboxylic acids is 1. The molecule has 8 heteroatoms. The van der Waals surface area contributed by atoms with E-state index in [1.165, 1.54) is 0 Å². The lowest BCUT2D eigenvalue weighted by Gasteiger charge is -2.50. The largest absolute Gasteiger partial charge is 0.450 e. The first-order valence-corrected chi connectivity index (χ1v) is 10.00. The minimum absolute atomic E-state index is 0.134. The summed E-state index contributed by atoms with van der Waals surface area (Å²) in [5.74, 6) is 0. The number of aromatic nitrogens is 2. The second-order valence-electron chi connectivity index (χ2n) is 7.48. The van der Waals surface area contributed by atoms with Crippen LogP contribution < -0.4 is 0 Å². The monoisotopic (exact) mass is 382 g/mol. The lowest BCUT2D eigenvalue weighted by molar-refractivity contribution is -0.0875. The van der Waals surface area contributed by atoms with Crippen molar-refractivity contribution in [2.45, 2.75) is 56.8 Å². The number of likely N-dealkylation sites (tertiary alicyclic amines) is 1. The Morgan fingerprint density at radius 2 is 1.92 bits per heavy atom. The molecule has 1 amide bonds. The summed E-state index contributed by atoms with van der Waals surface area (Å²) in [6, 6.07) is 1.21. The topological polar surface area (TPSA) is 59.8 Å². The number of ether oxygens (including phenoxy) is 2. The van der Waals surface area contributed by atoms with Gasteiger partial charge in [0.1, 0.15) is 0 Å². The standard InChI is InChI=1S/C18H27ClN4O3/c1-2-26-18(24)23-16-7-15(8-17(23)12-25-11-16)21-5-3-14(4-6-21)22-10-13(19)9-20-22/h9-10,14-17H,2-8,11-12H2,1H3. The number of piperidine rings is 2. The average Bonchev–Trinajstić information content (AvgIpc) is 3.07. The lowest BCUT2D eigenvalue weighted by Crippen LogP contribution is -2.63. The molecule has 3 aliphatic rings. The number of morpholine rings is 1. The van der Waals surface area contributed by atoms with Crippen LogP contribution in [0.5, 0.6) is 0 Å². The number of rotatable bonds is 3. The van der Waals surface area contributed by atoms with E-state index >= 15 is 0 Å². The first kappa shape index (κ1) is 18.1. The third-order valence-electron chi connectivity index (χ3n) is 5.93. The van der Waals surface area contributed by atoms with Gasteiger partial charge in [0.05, 0.1) is 49.2 Å². The van der Waals surface area contributed by atoms with E-state index in [0.717, 1.165) is 38.8 Å². The van der Waals surface area contributed by atoms with Crippen LogP contribution in [0, 0.1) is 0 Å². The summed E-state index contributed by atoms with van der Waals surface area (Å²) in [4.78, 5) is 16.8. The summed E-state index contributed by atoms with van der Waals surface area (Å²) in [6.07, 6.45) is 7.55. The maximum Gasteiger partial charge on any atom is 0.410 e. The second-order valence-corrected chi connectivity index (χ2v) is 7.92. The van der Waals surface area contributed by atoms with Crippen LogP contribution in [0.4, 0.5) is 4.79 Å². The summed E-state index contributed by atoms with van der Waals surface area (Å²) in [5, 5.41) is 5.06. The molecule has 0 aromatic carbocycles. The molecule has 2 atom stereocenters. The Labute approximate surface area is 159 Å². The van der Waals surface area contributed by atoms with Gasteiger partial charge in [-0.15, -0.1) is 0 Å². The molecule has 3 fully saturated rings. The van der Waals surface area contributed by atoms with Crippen molar-refractivity contribution in [3.63, 3.8) is 0 Å². The molecule has 7 nitrogen and oxygen atoms in total. The highest BCUT2D eigenvalue weighted by Gasteiger charge is 2.44. The molecule has 1 aromatic heterocycles. The summed E-state index contributed by atoms with van der Waals surface area (Å²) in [5.41, 5.74) is 0. The van der Waals surface area contributed by atoms with Crippen molar-refractivity contribution in [2.24, 2.45) is 0 Å². The lowest BCUT2D eigenvalue weighted by atomic mass is 9.88. The van der Waals surface area contributed by atoms with E-state index < -0.39 is 0 Å². The first-order valence-electron chi connectivity index (χ1n) is 9.62. The third-order valence-corrected chi connectivity index (χ3v) is 6.13. The predicted molar refractivity (Wildman–Crippen MR) is 97.4 cm³/mol. The minimum Gasteiger partial charge on any atom is -0.450 e. The van der Waals surface area contributed by atoms with E-state index in [1.54, 1.807) is 6.20 Å². The highest BCUT2D eigenvalue weighted by atomic mass is 35.5. The SMILES string of the molecule is CCOC(=O)N1C2COCC1CC(N1CCC(n3cc(Cl)cn3)CC1)C2. The van der Waals surface area contributed by atoms with Crippen LogP contribution in [0.3, 0.4) is 0 Å². The minimum atomic E-state index is -0.182. The summed E-state index contributed by atoms with van der Waals surface area (Å²) < 4.78 is 13.0. The van der Waals surface area contributed by atoms with Crippen molar-refractivity contribution in [1.82, 2.24) is 19.6 Å². The smallest absolute Gasteiger partial charge is 0.410 e. The molecule has 0 aliphatic carbocycles. The van der Waals surface area contributed by atoms with E-state index in [1.807, 2.05) is 22.7 Å². The van der Waals surface area contributed by atoms with Crippen LogP contribution in [0.15, 0.2) is 12.4 Å². The fourth-order valence-electron chi connectivity index (χ4n) is 4.71. The summed E-state index contributed by atoms with van der Waals surface area (Å²) >= 11 is 6.00. The molecule has 4 heterocycles. The normalized spacial score (nSPS) is 30.4. The van der Waals surface area contributed by atoms with Gasteiger partial charge in [0, 0.05) is 25.3 Å². The Bertz CT molecular complexity index is 618. The van der Waals surface area contributed by atoms with Crippen LogP contribution in [-0.2, 0) is 9.47 Å². The summed E-state index contributed by atoms with van der Waals surface area (Å²) in [7, 11) is 0. The Balaban J connectivity index is 1.36. The Kier molecular flexibility index (Phi) is 5.38. The number of hydrogen-bond donors (Lipinski definition) is 0.